The Bertz CT molecular complexity index is 1180. The number of aromatic nitrogens is 2. The molecule has 0 fully saturated rings. The van der Waals surface area contributed by atoms with Crippen LogP contribution < -0.4 is 10.1 Å². The third kappa shape index (κ3) is 5.01. The molecule has 0 radical (unpaired) electrons. The molecule has 32 heavy (non-hydrogen) atoms. The number of nitrogens with one attached hydrogen (secondary N) is 2. The third-order valence-electron chi connectivity index (χ3n) is 5.52. The van der Waals surface area contributed by atoms with E-state index in [1.165, 1.54) is 10.9 Å². The highest BCUT2D eigenvalue weighted by molar-refractivity contribution is 6.35. The van der Waals surface area contributed by atoms with Crippen molar-refractivity contribution >= 4 is 45.6 Å². The van der Waals surface area contributed by atoms with Gasteiger partial charge in [0, 0.05) is 51.1 Å². The Balaban J connectivity index is 1.55. The Hall–Kier alpha value is -2.73. The van der Waals surface area contributed by atoms with E-state index in [0.717, 1.165) is 36.4 Å². The Morgan fingerprint density at radius 1 is 1.03 bits per heavy atom. The standard InChI is InChI=1S/C25H26Cl2N4O/c1-3-31(4-2)15-17-14-29-23-11-10-18(13-19(17)23)30-25-24(9-6-12-28-25)32-16-20-21(26)7-5-8-22(20)27/h5-14,29H,3-4,15-16H2,1-2H3,(H,28,30). The van der Waals surface area contributed by atoms with Crippen molar-refractivity contribution in [2.24, 2.45) is 0 Å². The van der Waals surface area contributed by atoms with Gasteiger partial charge in [-0.3, -0.25) is 4.90 Å². The molecule has 7 heteroatoms. The number of H-pyrrole nitrogens is 1. The largest absolute Gasteiger partial charge is 0.485 e. The van der Waals surface area contributed by atoms with Crippen LogP contribution in [0.5, 0.6) is 5.75 Å². The number of nitrogens with zero attached hydrogens (tertiary/aromatic N) is 2. The number of ether oxygens (including phenoxy) is 1. The first-order chi connectivity index (χ1) is 15.6. The number of aromatic amines is 1. The lowest BCUT2D eigenvalue weighted by molar-refractivity contribution is 0.297. The maximum absolute atomic E-state index is 6.28. The van der Waals surface area contributed by atoms with E-state index in [4.69, 9.17) is 27.9 Å². The van der Waals surface area contributed by atoms with Gasteiger partial charge >= 0.3 is 0 Å². The molecule has 0 saturated heterocycles. The van der Waals surface area contributed by atoms with Gasteiger partial charge in [0.1, 0.15) is 6.61 Å². The minimum absolute atomic E-state index is 0.254. The van der Waals surface area contributed by atoms with E-state index in [1.54, 1.807) is 18.3 Å². The number of pyridine rings is 1. The Labute approximate surface area is 198 Å². The van der Waals surface area contributed by atoms with Crippen molar-refractivity contribution in [1.29, 1.82) is 0 Å². The molecule has 0 aliphatic rings. The van der Waals surface area contributed by atoms with Crippen molar-refractivity contribution in [2.75, 3.05) is 18.4 Å². The normalized spacial score (nSPS) is 11.3. The second kappa shape index (κ2) is 10.3. The van der Waals surface area contributed by atoms with Crippen LogP contribution in [0.15, 0.2) is 60.9 Å². The van der Waals surface area contributed by atoms with Gasteiger partial charge in [-0.05, 0) is 61.1 Å². The quantitative estimate of drug-likeness (QED) is 0.276. The molecule has 0 unspecified atom stereocenters. The number of hydrogen-bond donors (Lipinski definition) is 2. The lowest BCUT2D eigenvalue weighted by Crippen LogP contribution is -2.21. The van der Waals surface area contributed by atoms with E-state index in [1.807, 2.05) is 24.3 Å². The van der Waals surface area contributed by atoms with Crippen LogP contribution in [-0.4, -0.2) is 28.0 Å². The van der Waals surface area contributed by atoms with Gasteiger partial charge in [-0.1, -0.05) is 43.1 Å². The topological polar surface area (TPSA) is 53.2 Å². The minimum Gasteiger partial charge on any atom is -0.485 e. The first kappa shape index (κ1) is 22.5. The molecule has 2 heterocycles. The fourth-order valence-corrected chi connectivity index (χ4v) is 4.14. The molecule has 166 valence electrons. The van der Waals surface area contributed by atoms with Crippen molar-refractivity contribution < 1.29 is 4.74 Å². The summed E-state index contributed by atoms with van der Waals surface area (Å²) in [6.07, 6.45) is 3.83. The molecule has 2 N–H and O–H groups in total. The average molecular weight is 469 g/mol. The summed E-state index contributed by atoms with van der Waals surface area (Å²) in [6, 6.07) is 15.4. The van der Waals surface area contributed by atoms with Gasteiger partial charge in [-0.25, -0.2) is 4.98 Å². The second-order valence-corrected chi connectivity index (χ2v) is 8.31. The maximum atomic E-state index is 6.28. The molecule has 4 rings (SSSR count). The predicted octanol–water partition coefficient (Wildman–Crippen LogP) is 7.03. The molecule has 0 saturated carbocycles. The van der Waals surface area contributed by atoms with Gasteiger partial charge in [0.25, 0.3) is 0 Å². The summed E-state index contributed by atoms with van der Waals surface area (Å²) in [5.41, 5.74) is 4.08. The van der Waals surface area contributed by atoms with Gasteiger partial charge < -0.3 is 15.0 Å². The Morgan fingerprint density at radius 3 is 2.56 bits per heavy atom. The molecule has 5 nitrogen and oxygen atoms in total. The van der Waals surface area contributed by atoms with E-state index in [9.17, 15) is 0 Å². The van der Waals surface area contributed by atoms with Gasteiger partial charge in [0.05, 0.1) is 0 Å². The predicted molar refractivity (Wildman–Crippen MR) is 133 cm³/mol. The summed E-state index contributed by atoms with van der Waals surface area (Å²) in [6.45, 7) is 7.57. The fraction of sp³-hybridized carbons (Fsp3) is 0.240. The lowest BCUT2D eigenvalue weighted by Gasteiger charge is -2.17. The van der Waals surface area contributed by atoms with Crippen LogP contribution in [0.25, 0.3) is 10.9 Å². The van der Waals surface area contributed by atoms with Crippen LogP contribution >= 0.6 is 23.2 Å². The zero-order valence-electron chi connectivity index (χ0n) is 18.2. The lowest BCUT2D eigenvalue weighted by atomic mass is 10.1. The number of fused-ring (bicyclic) bond motifs is 1. The van der Waals surface area contributed by atoms with Crippen LogP contribution in [0, 0.1) is 0 Å². The number of benzene rings is 2. The SMILES string of the molecule is CCN(CC)Cc1c[nH]c2ccc(Nc3ncccc3OCc3c(Cl)cccc3Cl)cc12. The smallest absolute Gasteiger partial charge is 0.173 e. The van der Waals surface area contributed by atoms with E-state index >= 15 is 0 Å². The number of halogens is 2. The van der Waals surface area contributed by atoms with E-state index in [0.29, 0.717) is 21.6 Å². The first-order valence-electron chi connectivity index (χ1n) is 10.7. The van der Waals surface area contributed by atoms with Crippen LogP contribution in [0.2, 0.25) is 10.0 Å². The molecule has 0 atom stereocenters. The molecule has 2 aromatic heterocycles. The molecule has 0 aliphatic carbocycles. The first-order valence-corrected chi connectivity index (χ1v) is 11.4. The van der Waals surface area contributed by atoms with Crippen molar-refractivity contribution in [3.63, 3.8) is 0 Å². The highest BCUT2D eigenvalue weighted by atomic mass is 35.5. The highest BCUT2D eigenvalue weighted by Crippen LogP contribution is 2.31. The van der Waals surface area contributed by atoms with E-state index in [-0.39, 0.29) is 6.61 Å². The Kier molecular flexibility index (Phi) is 7.20. The third-order valence-corrected chi connectivity index (χ3v) is 6.23. The fourth-order valence-electron chi connectivity index (χ4n) is 3.63. The van der Waals surface area contributed by atoms with Gasteiger partial charge in [0.2, 0.25) is 0 Å². The molecular weight excluding hydrogens is 443 g/mol. The monoisotopic (exact) mass is 468 g/mol. The molecule has 0 bridgehead atoms. The molecule has 2 aromatic carbocycles. The molecule has 4 aromatic rings. The van der Waals surface area contributed by atoms with Crippen molar-refractivity contribution in [3.8, 4) is 5.75 Å². The number of rotatable bonds is 9. The zero-order chi connectivity index (χ0) is 22.5. The van der Waals surface area contributed by atoms with Gasteiger partial charge in [0.15, 0.2) is 11.6 Å². The molecular formula is C25H26Cl2N4O. The van der Waals surface area contributed by atoms with Crippen molar-refractivity contribution in [1.82, 2.24) is 14.9 Å². The summed E-state index contributed by atoms with van der Waals surface area (Å²) < 4.78 is 6.03. The molecule has 0 aliphatic heterocycles. The highest BCUT2D eigenvalue weighted by Gasteiger charge is 2.12. The summed E-state index contributed by atoms with van der Waals surface area (Å²) in [5, 5.41) is 5.75. The van der Waals surface area contributed by atoms with Crippen LogP contribution in [-0.2, 0) is 13.2 Å². The van der Waals surface area contributed by atoms with Gasteiger partial charge in [-0.2, -0.15) is 0 Å². The van der Waals surface area contributed by atoms with Crippen molar-refractivity contribution in [2.45, 2.75) is 27.0 Å². The summed E-state index contributed by atoms with van der Waals surface area (Å²) in [5.74, 6) is 1.26. The minimum atomic E-state index is 0.254. The van der Waals surface area contributed by atoms with E-state index < -0.39 is 0 Å². The summed E-state index contributed by atoms with van der Waals surface area (Å²) in [4.78, 5) is 10.2. The van der Waals surface area contributed by atoms with Crippen molar-refractivity contribution in [3.05, 3.63) is 82.1 Å². The summed E-state index contributed by atoms with van der Waals surface area (Å²) in [7, 11) is 0. The summed E-state index contributed by atoms with van der Waals surface area (Å²) >= 11 is 12.6. The van der Waals surface area contributed by atoms with Crippen LogP contribution in [0.1, 0.15) is 25.0 Å². The van der Waals surface area contributed by atoms with Crippen LogP contribution in [0.4, 0.5) is 11.5 Å². The second-order valence-electron chi connectivity index (χ2n) is 7.50. The van der Waals surface area contributed by atoms with Crippen LogP contribution in [0.3, 0.4) is 0 Å². The molecule has 0 spiro atoms. The van der Waals surface area contributed by atoms with E-state index in [2.05, 4.69) is 52.4 Å². The van der Waals surface area contributed by atoms with Gasteiger partial charge in [-0.15, -0.1) is 0 Å². The maximum Gasteiger partial charge on any atom is 0.173 e. The number of hydrogen-bond acceptors (Lipinski definition) is 4. The molecule has 0 amide bonds. The number of anilines is 2. The Morgan fingerprint density at radius 2 is 1.81 bits per heavy atom. The zero-order valence-corrected chi connectivity index (χ0v) is 19.7. The average Bonchev–Trinajstić information content (AvgIpc) is 3.20.